The third kappa shape index (κ3) is 4.45. The molecule has 0 heterocycles. The number of carboxylic acid groups (broad SMARTS) is 1. The monoisotopic (exact) mass is 251 g/mol. The van der Waals surface area contributed by atoms with E-state index in [0.29, 0.717) is 12.3 Å². The van der Waals surface area contributed by atoms with Crippen LogP contribution in [0.5, 0.6) is 5.75 Å². The molecule has 18 heavy (non-hydrogen) atoms. The summed E-state index contributed by atoms with van der Waals surface area (Å²) in [5, 5.41) is 11.1. The number of hydrogen-bond donors (Lipinski definition) is 2. The molecule has 98 valence electrons. The van der Waals surface area contributed by atoms with Crippen molar-refractivity contribution in [3.05, 3.63) is 29.3 Å². The van der Waals surface area contributed by atoms with E-state index in [1.54, 1.807) is 7.11 Å². The van der Waals surface area contributed by atoms with Crippen LogP contribution in [-0.4, -0.2) is 24.1 Å². The van der Waals surface area contributed by atoms with Crippen molar-refractivity contribution in [2.45, 2.75) is 26.3 Å². The van der Waals surface area contributed by atoms with Crippen LogP contribution in [0.1, 0.15) is 24.0 Å². The number of carbonyl (C=O) groups is 2. The Kier molecular flexibility index (Phi) is 5.17. The minimum Gasteiger partial charge on any atom is -0.496 e. The summed E-state index contributed by atoms with van der Waals surface area (Å²) < 4.78 is 5.21. The number of carboxylic acids is 1. The number of nitrogens with one attached hydrogen (secondary N) is 1. The molecule has 1 amide bonds. The Bertz CT molecular complexity index is 443. The lowest BCUT2D eigenvalue weighted by molar-refractivity contribution is -0.138. The zero-order valence-corrected chi connectivity index (χ0v) is 10.5. The summed E-state index contributed by atoms with van der Waals surface area (Å²) in [5.41, 5.74) is 1.94. The van der Waals surface area contributed by atoms with Gasteiger partial charge in [0.25, 0.3) is 0 Å². The molecule has 0 radical (unpaired) electrons. The Labute approximate surface area is 106 Å². The number of methoxy groups -OCH3 is 1. The maximum absolute atomic E-state index is 11.4. The van der Waals surface area contributed by atoms with Gasteiger partial charge in [-0.25, -0.2) is 0 Å². The highest BCUT2D eigenvalue weighted by Gasteiger charge is 2.07. The summed E-state index contributed by atoms with van der Waals surface area (Å²) in [5.74, 6) is -0.536. The molecule has 1 rings (SSSR count). The highest BCUT2D eigenvalue weighted by molar-refractivity contribution is 5.80. The largest absolute Gasteiger partial charge is 0.496 e. The van der Waals surface area contributed by atoms with E-state index >= 15 is 0 Å². The zero-order valence-electron chi connectivity index (χ0n) is 10.5. The first kappa shape index (κ1) is 14.0. The molecule has 2 N–H and O–H groups in total. The van der Waals surface area contributed by atoms with Gasteiger partial charge in [0.1, 0.15) is 5.75 Å². The molecule has 0 aliphatic carbocycles. The van der Waals surface area contributed by atoms with Gasteiger partial charge >= 0.3 is 5.97 Å². The highest BCUT2D eigenvalue weighted by atomic mass is 16.5. The van der Waals surface area contributed by atoms with Crippen molar-refractivity contribution in [3.8, 4) is 5.75 Å². The summed E-state index contributed by atoms with van der Waals surface area (Å²) in [6, 6.07) is 5.70. The molecule has 1 aromatic rings. The second kappa shape index (κ2) is 6.64. The fraction of sp³-hybridized carbons (Fsp3) is 0.385. The van der Waals surface area contributed by atoms with Gasteiger partial charge in [-0.1, -0.05) is 12.1 Å². The van der Waals surface area contributed by atoms with Crippen molar-refractivity contribution in [1.82, 2.24) is 5.32 Å². The van der Waals surface area contributed by atoms with Crippen LogP contribution in [0.3, 0.4) is 0 Å². The predicted molar refractivity (Wildman–Crippen MR) is 66.4 cm³/mol. The fourth-order valence-corrected chi connectivity index (χ4v) is 1.50. The molecule has 0 spiro atoms. The van der Waals surface area contributed by atoms with E-state index in [1.807, 2.05) is 25.1 Å². The van der Waals surface area contributed by atoms with Crippen molar-refractivity contribution >= 4 is 11.9 Å². The molecule has 1 aromatic carbocycles. The number of rotatable bonds is 6. The molecule has 0 bridgehead atoms. The van der Waals surface area contributed by atoms with Gasteiger partial charge in [0.05, 0.1) is 13.5 Å². The maximum atomic E-state index is 11.4. The van der Waals surface area contributed by atoms with Crippen LogP contribution < -0.4 is 10.1 Å². The topological polar surface area (TPSA) is 75.6 Å². The van der Waals surface area contributed by atoms with Gasteiger partial charge in [-0.3, -0.25) is 9.59 Å². The lowest BCUT2D eigenvalue weighted by atomic mass is 10.1. The summed E-state index contributed by atoms with van der Waals surface area (Å²) in [6.07, 6.45) is -0.166. The Morgan fingerprint density at radius 3 is 2.67 bits per heavy atom. The number of hydrogen-bond acceptors (Lipinski definition) is 3. The van der Waals surface area contributed by atoms with Crippen molar-refractivity contribution in [3.63, 3.8) is 0 Å². The van der Waals surface area contributed by atoms with E-state index in [2.05, 4.69) is 5.32 Å². The maximum Gasteiger partial charge on any atom is 0.303 e. The van der Waals surface area contributed by atoms with Crippen molar-refractivity contribution < 1.29 is 19.4 Å². The molecule has 5 nitrogen and oxygen atoms in total. The molecular weight excluding hydrogens is 234 g/mol. The lowest BCUT2D eigenvalue weighted by Gasteiger charge is -2.10. The summed E-state index contributed by atoms with van der Waals surface area (Å²) in [7, 11) is 1.57. The number of amides is 1. The molecule has 5 heteroatoms. The highest BCUT2D eigenvalue weighted by Crippen LogP contribution is 2.19. The van der Waals surface area contributed by atoms with E-state index in [9.17, 15) is 9.59 Å². The number of benzene rings is 1. The van der Waals surface area contributed by atoms with E-state index in [4.69, 9.17) is 9.84 Å². The van der Waals surface area contributed by atoms with Crippen LogP contribution in [0.2, 0.25) is 0 Å². The smallest absolute Gasteiger partial charge is 0.303 e. The number of carbonyl (C=O) groups excluding carboxylic acids is 1. The van der Waals surface area contributed by atoms with Crippen LogP contribution in [-0.2, 0) is 16.1 Å². The molecule has 0 atom stereocenters. The molecule has 0 aromatic heterocycles. The van der Waals surface area contributed by atoms with Crippen LogP contribution >= 0.6 is 0 Å². The molecule has 0 aliphatic rings. The second-order valence-electron chi connectivity index (χ2n) is 3.99. The van der Waals surface area contributed by atoms with Gasteiger partial charge in [0.2, 0.25) is 5.91 Å². The first-order valence-corrected chi connectivity index (χ1v) is 5.65. The molecule has 0 aliphatic heterocycles. The summed E-state index contributed by atoms with van der Waals surface area (Å²) in [4.78, 5) is 21.7. The van der Waals surface area contributed by atoms with Gasteiger partial charge in [-0.05, 0) is 18.6 Å². The molecule has 0 fully saturated rings. The van der Waals surface area contributed by atoms with Crippen LogP contribution in [0.15, 0.2) is 18.2 Å². The minimum absolute atomic E-state index is 0.0104. The first-order valence-electron chi connectivity index (χ1n) is 5.65. The molecule has 0 saturated carbocycles. The average Bonchev–Trinajstić information content (AvgIpc) is 2.34. The van der Waals surface area contributed by atoms with E-state index < -0.39 is 5.97 Å². The summed E-state index contributed by atoms with van der Waals surface area (Å²) in [6.45, 7) is 2.29. The van der Waals surface area contributed by atoms with Gasteiger partial charge in [0.15, 0.2) is 0 Å². The minimum atomic E-state index is -0.974. The fourth-order valence-electron chi connectivity index (χ4n) is 1.50. The standard InChI is InChI=1S/C13H17NO4/c1-9-3-4-10(11(7-9)18-2)8-14-12(15)5-6-13(16)17/h3-4,7H,5-6,8H2,1-2H3,(H,14,15)(H,16,17). The lowest BCUT2D eigenvalue weighted by Crippen LogP contribution is -2.23. The van der Waals surface area contributed by atoms with Crippen molar-refractivity contribution in [1.29, 1.82) is 0 Å². The van der Waals surface area contributed by atoms with Crippen LogP contribution in [0, 0.1) is 6.92 Å². The zero-order chi connectivity index (χ0) is 13.5. The third-order valence-corrected chi connectivity index (χ3v) is 2.48. The Balaban J connectivity index is 2.52. The van der Waals surface area contributed by atoms with Gasteiger partial charge < -0.3 is 15.2 Å². The molecule has 0 unspecified atom stereocenters. The Hall–Kier alpha value is -2.04. The van der Waals surface area contributed by atoms with Crippen molar-refractivity contribution in [2.24, 2.45) is 0 Å². The Morgan fingerprint density at radius 1 is 1.33 bits per heavy atom. The first-order chi connectivity index (χ1) is 8.52. The third-order valence-electron chi connectivity index (χ3n) is 2.48. The summed E-state index contributed by atoms with van der Waals surface area (Å²) >= 11 is 0. The number of aryl methyl sites for hydroxylation is 1. The van der Waals surface area contributed by atoms with Gasteiger partial charge in [-0.2, -0.15) is 0 Å². The quantitative estimate of drug-likeness (QED) is 0.803. The Morgan fingerprint density at radius 2 is 2.06 bits per heavy atom. The van der Waals surface area contributed by atoms with Crippen LogP contribution in [0.25, 0.3) is 0 Å². The van der Waals surface area contributed by atoms with E-state index in [-0.39, 0.29) is 18.7 Å². The van der Waals surface area contributed by atoms with Gasteiger partial charge in [-0.15, -0.1) is 0 Å². The van der Waals surface area contributed by atoms with E-state index in [1.165, 1.54) is 0 Å². The van der Waals surface area contributed by atoms with Gasteiger partial charge in [0, 0.05) is 18.5 Å². The predicted octanol–water partition coefficient (Wildman–Crippen LogP) is 1.48. The van der Waals surface area contributed by atoms with E-state index in [0.717, 1.165) is 11.1 Å². The van der Waals surface area contributed by atoms with Crippen molar-refractivity contribution in [2.75, 3.05) is 7.11 Å². The SMILES string of the molecule is COc1cc(C)ccc1CNC(=O)CCC(=O)O. The average molecular weight is 251 g/mol. The second-order valence-corrected chi connectivity index (χ2v) is 3.99. The number of aliphatic carboxylic acids is 1. The normalized spacial score (nSPS) is 9.89. The number of ether oxygens (including phenoxy) is 1. The van der Waals surface area contributed by atoms with Crippen LogP contribution in [0.4, 0.5) is 0 Å². The molecular formula is C13H17NO4. The molecule has 0 saturated heterocycles.